The van der Waals surface area contributed by atoms with Crippen LogP contribution in [0.25, 0.3) is 0 Å². The molecule has 2 unspecified atom stereocenters. The molecule has 0 spiro atoms. The maximum Gasteiger partial charge on any atom is 0.124 e. The molecule has 96 valence electrons. The second-order valence-electron chi connectivity index (χ2n) is 4.94. The Balaban J connectivity index is 1.84. The monoisotopic (exact) mass is 265 g/mol. The van der Waals surface area contributed by atoms with Gasteiger partial charge in [-0.2, -0.15) is 0 Å². The van der Waals surface area contributed by atoms with E-state index in [1.165, 1.54) is 0 Å². The number of nitrogens with one attached hydrogen (secondary N) is 1. The number of nitrogens with zero attached hydrogens (tertiary/aromatic N) is 1. The first kappa shape index (κ1) is 11.8. The minimum absolute atomic E-state index is 0.00796. The molecule has 3 N–H and O–H groups in total. The zero-order chi connectivity index (χ0) is 12.7. The van der Waals surface area contributed by atoms with Gasteiger partial charge in [-0.1, -0.05) is 11.6 Å². The van der Waals surface area contributed by atoms with Crippen LogP contribution in [0.1, 0.15) is 18.4 Å². The summed E-state index contributed by atoms with van der Waals surface area (Å²) in [5.74, 6) is 0.00796. The van der Waals surface area contributed by atoms with E-state index in [9.17, 15) is 0 Å². The molecule has 3 rings (SSSR count). The molecular formula is C13H16ClN3O. The summed E-state index contributed by atoms with van der Waals surface area (Å²) < 4.78 is 5.81. The summed E-state index contributed by atoms with van der Waals surface area (Å²) in [6.07, 6.45) is 3.02. The summed E-state index contributed by atoms with van der Waals surface area (Å²) in [4.78, 5) is 2.31. The number of amidine groups is 1. The molecule has 5 heteroatoms. The van der Waals surface area contributed by atoms with Gasteiger partial charge in [-0.15, -0.1) is 0 Å². The highest BCUT2D eigenvalue weighted by atomic mass is 35.5. The minimum Gasteiger partial charge on any atom is -0.384 e. The molecular weight excluding hydrogens is 250 g/mol. The smallest absolute Gasteiger partial charge is 0.124 e. The molecule has 2 aliphatic rings. The summed E-state index contributed by atoms with van der Waals surface area (Å²) in [7, 11) is 0. The number of fused-ring (bicyclic) bond motifs is 2. The van der Waals surface area contributed by atoms with Crippen LogP contribution in [-0.4, -0.2) is 31.1 Å². The summed E-state index contributed by atoms with van der Waals surface area (Å²) >= 11 is 6.15. The van der Waals surface area contributed by atoms with Crippen LogP contribution in [0.15, 0.2) is 18.2 Å². The summed E-state index contributed by atoms with van der Waals surface area (Å²) in [6.45, 7) is 1.85. The van der Waals surface area contributed by atoms with Crippen molar-refractivity contribution >= 4 is 23.1 Å². The van der Waals surface area contributed by atoms with Gasteiger partial charge in [0.2, 0.25) is 0 Å². The van der Waals surface area contributed by atoms with Gasteiger partial charge in [0, 0.05) is 24.3 Å². The van der Waals surface area contributed by atoms with Crippen LogP contribution < -0.4 is 10.6 Å². The Morgan fingerprint density at radius 2 is 2.00 bits per heavy atom. The Morgan fingerprint density at radius 3 is 2.56 bits per heavy atom. The average molecular weight is 266 g/mol. The van der Waals surface area contributed by atoms with Gasteiger partial charge in [-0.3, -0.25) is 5.41 Å². The van der Waals surface area contributed by atoms with Crippen LogP contribution in [0.4, 0.5) is 5.69 Å². The third-order valence-corrected chi connectivity index (χ3v) is 3.96. The zero-order valence-corrected chi connectivity index (χ0v) is 10.8. The number of benzene rings is 1. The first-order valence-electron chi connectivity index (χ1n) is 6.18. The lowest BCUT2D eigenvalue weighted by Gasteiger charge is -2.34. The van der Waals surface area contributed by atoms with Gasteiger partial charge in [-0.25, -0.2) is 0 Å². The summed E-state index contributed by atoms with van der Waals surface area (Å²) in [5, 5.41) is 7.97. The van der Waals surface area contributed by atoms with Crippen molar-refractivity contribution in [2.24, 2.45) is 5.73 Å². The van der Waals surface area contributed by atoms with Crippen LogP contribution in [-0.2, 0) is 4.74 Å². The van der Waals surface area contributed by atoms with Gasteiger partial charge in [0.1, 0.15) is 5.84 Å². The van der Waals surface area contributed by atoms with Gasteiger partial charge >= 0.3 is 0 Å². The van der Waals surface area contributed by atoms with E-state index in [0.29, 0.717) is 22.8 Å². The van der Waals surface area contributed by atoms with E-state index in [0.717, 1.165) is 31.6 Å². The van der Waals surface area contributed by atoms with E-state index >= 15 is 0 Å². The minimum atomic E-state index is 0.00796. The van der Waals surface area contributed by atoms with Crippen molar-refractivity contribution in [1.29, 1.82) is 5.41 Å². The van der Waals surface area contributed by atoms with Gasteiger partial charge in [0.15, 0.2) is 0 Å². The van der Waals surface area contributed by atoms with Gasteiger partial charge < -0.3 is 15.4 Å². The number of ether oxygens (including phenoxy) is 1. The molecule has 0 aliphatic carbocycles. The molecule has 1 aromatic carbocycles. The fourth-order valence-corrected chi connectivity index (χ4v) is 3.02. The van der Waals surface area contributed by atoms with Crippen molar-refractivity contribution in [3.05, 3.63) is 28.8 Å². The molecule has 2 saturated heterocycles. The van der Waals surface area contributed by atoms with E-state index in [2.05, 4.69) is 4.90 Å². The summed E-state index contributed by atoms with van der Waals surface area (Å²) in [6, 6.07) is 5.69. The van der Waals surface area contributed by atoms with E-state index < -0.39 is 0 Å². The van der Waals surface area contributed by atoms with Gasteiger partial charge in [-0.05, 0) is 31.0 Å². The zero-order valence-electron chi connectivity index (χ0n) is 10.0. The molecule has 18 heavy (non-hydrogen) atoms. The number of nitrogen functional groups attached to an aromatic ring is 1. The first-order valence-corrected chi connectivity index (χ1v) is 6.55. The van der Waals surface area contributed by atoms with Crippen LogP contribution in [0, 0.1) is 5.41 Å². The standard InChI is InChI=1S/C13H16ClN3O/c14-12-5-8(1-4-11(12)13(15)16)17-6-9-2-3-10(7-17)18-9/h1,4-5,9-10H,2-3,6-7H2,(H3,15,16). The second-order valence-corrected chi connectivity index (χ2v) is 5.35. The first-order chi connectivity index (χ1) is 8.63. The highest BCUT2D eigenvalue weighted by Crippen LogP contribution is 2.31. The lowest BCUT2D eigenvalue weighted by molar-refractivity contribution is 0.0305. The molecule has 2 atom stereocenters. The number of nitrogens with two attached hydrogens (primary N) is 1. The Labute approximate surface area is 111 Å². The van der Waals surface area contributed by atoms with Crippen molar-refractivity contribution in [2.45, 2.75) is 25.0 Å². The Kier molecular flexibility index (Phi) is 2.92. The maximum atomic E-state index is 7.42. The third kappa shape index (κ3) is 2.06. The average Bonchev–Trinajstić information content (AvgIpc) is 2.67. The quantitative estimate of drug-likeness (QED) is 0.635. The maximum absolute atomic E-state index is 7.42. The molecule has 4 nitrogen and oxygen atoms in total. The van der Waals surface area contributed by atoms with Crippen molar-refractivity contribution in [2.75, 3.05) is 18.0 Å². The molecule has 2 heterocycles. The normalized spacial score (nSPS) is 26.4. The predicted octanol–water partition coefficient (Wildman–Crippen LogP) is 1.99. The largest absolute Gasteiger partial charge is 0.384 e. The molecule has 0 amide bonds. The SMILES string of the molecule is N=C(N)c1ccc(N2CC3CCC(C2)O3)cc1Cl. The Morgan fingerprint density at radius 1 is 1.33 bits per heavy atom. The number of halogens is 1. The van der Waals surface area contributed by atoms with Crippen molar-refractivity contribution in [3.63, 3.8) is 0 Å². The van der Waals surface area contributed by atoms with E-state index in [1.54, 1.807) is 0 Å². The molecule has 0 radical (unpaired) electrons. The van der Waals surface area contributed by atoms with Crippen molar-refractivity contribution in [3.8, 4) is 0 Å². The van der Waals surface area contributed by atoms with E-state index in [-0.39, 0.29) is 5.84 Å². The van der Waals surface area contributed by atoms with E-state index in [1.807, 2.05) is 18.2 Å². The van der Waals surface area contributed by atoms with Gasteiger partial charge in [0.05, 0.1) is 17.2 Å². The number of anilines is 1. The lowest BCUT2D eigenvalue weighted by atomic mass is 10.1. The van der Waals surface area contributed by atoms with Crippen LogP contribution >= 0.6 is 11.6 Å². The van der Waals surface area contributed by atoms with Crippen LogP contribution in [0.2, 0.25) is 5.02 Å². The molecule has 0 aromatic heterocycles. The number of hydrogen-bond acceptors (Lipinski definition) is 3. The van der Waals surface area contributed by atoms with E-state index in [4.69, 9.17) is 27.5 Å². The number of hydrogen-bond donors (Lipinski definition) is 2. The molecule has 0 saturated carbocycles. The third-order valence-electron chi connectivity index (χ3n) is 3.65. The molecule has 2 fully saturated rings. The highest BCUT2D eigenvalue weighted by molar-refractivity contribution is 6.34. The fourth-order valence-electron chi connectivity index (χ4n) is 2.74. The topological polar surface area (TPSA) is 62.3 Å². The predicted molar refractivity (Wildman–Crippen MR) is 72.6 cm³/mol. The molecule has 1 aromatic rings. The number of morpholine rings is 1. The van der Waals surface area contributed by atoms with Crippen LogP contribution in [0.5, 0.6) is 0 Å². The van der Waals surface area contributed by atoms with Crippen molar-refractivity contribution in [1.82, 2.24) is 0 Å². The van der Waals surface area contributed by atoms with Crippen LogP contribution in [0.3, 0.4) is 0 Å². The number of rotatable bonds is 2. The second kappa shape index (κ2) is 4.44. The Hall–Kier alpha value is -1.26. The lowest BCUT2D eigenvalue weighted by Crippen LogP contribution is -2.42. The highest BCUT2D eigenvalue weighted by Gasteiger charge is 2.33. The summed E-state index contributed by atoms with van der Waals surface area (Å²) in [5.41, 5.74) is 7.14. The van der Waals surface area contributed by atoms with Gasteiger partial charge in [0.25, 0.3) is 0 Å². The molecule has 2 bridgehead atoms. The van der Waals surface area contributed by atoms with Crippen molar-refractivity contribution < 1.29 is 4.74 Å². The molecule has 2 aliphatic heterocycles. The Bertz CT molecular complexity index is 479. The fraction of sp³-hybridized carbons (Fsp3) is 0.462.